The van der Waals surface area contributed by atoms with Gasteiger partial charge in [0.25, 0.3) is 11.8 Å². The fraction of sp³-hybridized carbons (Fsp3) is 0.843. The molecule has 3 N–H and O–H groups in total. The standard InChI is InChI=1S/C51H92N3O12P/c1-4-6-8-10-12-14-16-18-20-22-24-26-28-30-32-34-49(58)63-42-45(66-50(59)35-33-31-29-27-25-23-21-19-17-15-13-11-9-7-5-2)43-65-67(61,62)64-41-39-52-51(60)44(3)53-46(55)38-40-54-47(56)36-37-48(54)57/h36-37,44-45H,4-35,38-43H2,1-3H3,(H,52,60)(H,53,55)(H,61,62)/t44?,45-/m1/s1. The summed E-state index contributed by atoms with van der Waals surface area (Å²) in [5.74, 6) is -3.15. The summed E-state index contributed by atoms with van der Waals surface area (Å²) in [6.45, 7) is 4.25. The highest BCUT2D eigenvalue weighted by molar-refractivity contribution is 7.47. The number of rotatable bonds is 47. The van der Waals surface area contributed by atoms with Crippen LogP contribution in [-0.4, -0.2) is 90.4 Å². The van der Waals surface area contributed by atoms with Crippen LogP contribution in [0.5, 0.6) is 0 Å². The molecule has 0 saturated carbocycles. The fourth-order valence-electron chi connectivity index (χ4n) is 7.85. The maximum absolute atomic E-state index is 12.8. The number of carbonyl (C=O) groups is 6. The Morgan fingerprint density at radius 3 is 1.42 bits per heavy atom. The van der Waals surface area contributed by atoms with Crippen molar-refractivity contribution in [3.8, 4) is 0 Å². The van der Waals surface area contributed by atoms with Crippen LogP contribution in [0.3, 0.4) is 0 Å². The van der Waals surface area contributed by atoms with Gasteiger partial charge in [-0.05, 0) is 19.8 Å². The Morgan fingerprint density at radius 1 is 0.582 bits per heavy atom. The molecule has 0 saturated heterocycles. The van der Waals surface area contributed by atoms with E-state index in [4.69, 9.17) is 18.5 Å². The van der Waals surface area contributed by atoms with Gasteiger partial charge in [-0.15, -0.1) is 0 Å². The molecule has 1 aliphatic heterocycles. The van der Waals surface area contributed by atoms with Gasteiger partial charge in [0.15, 0.2) is 6.10 Å². The number of hydrogen-bond donors (Lipinski definition) is 3. The van der Waals surface area contributed by atoms with Gasteiger partial charge in [0.1, 0.15) is 12.6 Å². The Labute approximate surface area is 404 Å². The van der Waals surface area contributed by atoms with E-state index in [0.29, 0.717) is 12.8 Å². The molecule has 0 aromatic heterocycles. The predicted octanol–water partition coefficient (Wildman–Crippen LogP) is 11.0. The minimum absolute atomic E-state index is 0.133. The SMILES string of the molecule is CCCCCCCCCCCCCCCCCC(=O)OC[C@H](COP(=O)(O)OCCNC(=O)C(C)NC(=O)CCN1C(=O)C=CC1=O)OC(=O)CCCCCCCCCCCCCCCCC. The normalized spacial score (nSPS) is 14.2. The van der Waals surface area contributed by atoms with Crippen LogP contribution < -0.4 is 10.6 Å². The maximum Gasteiger partial charge on any atom is 0.472 e. The molecule has 1 heterocycles. The Kier molecular flexibility index (Phi) is 38.6. The molecule has 4 amide bonds. The van der Waals surface area contributed by atoms with E-state index in [1.807, 2.05) is 0 Å². The summed E-state index contributed by atoms with van der Waals surface area (Å²) in [6, 6.07) is -0.987. The number of hydrogen-bond acceptors (Lipinski definition) is 11. The molecule has 1 aliphatic rings. The first-order valence-electron chi connectivity index (χ1n) is 26.5. The van der Waals surface area contributed by atoms with E-state index in [-0.39, 0.29) is 39.0 Å². The number of nitrogens with one attached hydrogen (secondary N) is 2. The van der Waals surface area contributed by atoms with Crippen molar-refractivity contribution < 1.29 is 56.7 Å². The van der Waals surface area contributed by atoms with Crippen LogP contribution in [0, 0.1) is 0 Å². The average Bonchev–Trinajstić information content (AvgIpc) is 3.63. The minimum Gasteiger partial charge on any atom is -0.462 e. The first-order chi connectivity index (χ1) is 32.4. The molecule has 0 radical (unpaired) electrons. The summed E-state index contributed by atoms with van der Waals surface area (Å²) in [5.41, 5.74) is 0. The molecule has 2 unspecified atom stereocenters. The number of imide groups is 1. The summed E-state index contributed by atoms with van der Waals surface area (Å²) in [4.78, 5) is 84.8. The molecule has 0 aromatic rings. The van der Waals surface area contributed by atoms with Crippen molar-refractivity contribution in [2.75, 3.05) is 32.9 Å². The Balaban J connectivity index is 2.42. The molecule has 15 nitrogen and oxygen atoms in total. The molecule has 16 heteroatoms. The van der Waals surface area contributed by atoms with Crippen LogP contribution in [-0.2, 0) is 51.9 Å². The van der Waals surface area contributed by atoms with Gasteiger partial charge in [-0.2, -0.15) is 0 Å². The van der Waals surface area contributed by atoms with Crippen molar-refractivity contribution in [3.63, 3.8) is 0 Å². The first kappa shape index (κ1) is 61.9. The minimum atomic E-state index is -4.69. The lowest BCUT2D eigenvalue weighted by atomic mass is 10.0. The molecule has 67 heavy (non-hydrogen) atoms. The molecule has 0 bridgehead atoms. The second-order valence-corrected chi connectivity index (χ2v) is 19.7. The molecule has 0 aromatic carbocycles. The number of amides is 4. The average molecular weight is 970 g/mol. The van der Waals surface area contributed by atoms with Gasteiger partial charge in [0, 0.05) is 44.5 Å². The number of phosphoric ester groups is 1. The van der Waals surface area contributed by atoms with E-state index in [1.165, 1.54) is 148 Å². The van der Waals surface area contributed by atoms with E-state index < -0.39 is 68.7 Å². The van der Waals surface area contributed by atoms with E-state index >= 15 is 0 Å². The lowest BCUT2D eigenvalue weighted by molar-refractivity contribution is -0.161. The van der Waals surface area contributed by atoms with E-state index in [9.17, 15) is 38.2 Å². The van der Waals surface area contributed by atoms with Gasteiger partial charge in [-0.25, -0.2) is 4.57 Å². The lowest BCUT2D eigenvalue weighted by Crippen LogP contribution is -2.46. The van der Waals surface area contributed by atoms with Gasteiger partial charge in [-0.3, -0.25) is 42.7 Å². The molecular formula is C51H92N3O12P. The number of ether oxygens (including phenoxy) is 2. The third-order valence-electron chi connectivity index (χ3n) is 12.0. The Morgan fingerprint density at radius 2 is 0.985 bits per heavy atom. The zero-order chi connectivity index (χ0) is 49.2. The van der Waals surface area contributed by atoms with Crippen LogP contribution in [0.25, 0.3) is 0 Å². The molecule has 1 rings (SSSR count). The van der Waals surface area contributed by atoms with Crippen molar-refractivity contribution in [2.45, 2.75) is 245 Å². The summed E-state index contributed by atoms with van der Waals surface area (Å²) in [7, 11) is -4.69. The topological polar surface area (TPSA) is 204 Å². The molecule has 0 fully saturated rings. The molecular weight excluding hydrogens is 878 g/mol. The molecule has 0 spiro atoms. The van der Waals surface area contributed by atoms with Crippen LogP contribution in [0.1, 0.15) is 233 Å². The van der Waals surface area contributed by atoms with Crippen LogP contribution in [0.2, 0.25) is 0 Å². The summed E-state index contributed by atoms with van der Waals surface area (Å²) in [5, 5.41) is 4.94. The number of carbonyl (C=O) groups excluding carboxylic acids is 6. The lowest BCUT2D eigenvalue weighted by Gasteiger charge is -2.20. The molecule has 3 atom stereocenters. The number of esters is 2. The number of phosphoric acid groups is 1. The quantitative estimate of drug-likeness (QED) is 0.0226. The van der Waals surface area contributed by atoms with Crippen molar-refractivity contribution >= 4 is 43.4 Å². The fourth-order valence-corrected chi connectivity index (χ4v) is 8.60. The molecule has 0 aliphatic carbocycles. The Bertz CT molecular complexity index is 1410. The van der Waals surface area contributed by atoms with Crippen molar-refractivity contribution in [1.82, 2.24) is 15.5 Å². The van der Waals surface area contributed by atoms with E-state index in [2.05, 4.69) is 24.5 Å². The highest BCUT2D eigenvalue weighted by Crippen LogP contribution is 2.43. The largest absolute Gasteiger partial charge is 0.472 e. The zero-order valence-electron chi connectivity index (χ0n) is 42.0. The van der Waals surface area contributed by atoms with E-state index in [0.717, 1.165) is 55.6 Å². The molecule has 388 valence electrons. The second-order valence-electron chi connectivity index (χ2n) is 18.3. The second kappa shape index (κ2) is 41.8. The van der Waals surface area contributed by atoms with Gasteiger partial charge in [-0.1, -0.05) is 194 Å². The van der Waals surface area contributed by atoms with Crippen LogP contribution in [0.15, 0.2) is 12.2 Å². The Hall–Kier alpha value is -3.13. The maximum atomic E-state index is 12.8. The number of unbranched alkanes of at least 4 members (excludes halogenated alkanes) is 28. The highest BCUT2D eigenvalue weighted by Gasteiger charge is 2.27. The van der Waals surface area contributed by atoms with Crippen molar-refractivity contribution in [1.29, 1.82) is 0 Å². The summed E-state index contributed by atoms with van der Waals surface area (Å²) >= 11 is 0. The van der Waals surface area contributed by atoms with Gasteiger partial charge in [0.2, 0.25) is 11.8 Å². The smallest absolute Gasteiger partial charge is 0.462 e. The van der Waals surface area contributed by atoms with Crippen LogP contribution in [0.4, 0.5) is 0 Å². The highest BCUT2D eigenvalue weighted by atomic mass is 31.2. The third kappa shape index (κ3) is 36.5. The van der Waals surface area contributed by atoms with E-state index in [1.54, 1.807) is 0 Å². The zero-order valence-corrected chi connectivity index (χ0v) is 42.9. The van der Waals surface area contributed by atoms with Crippen LogP contribution >= 0.6 is 7.82 Å². The van der Waals surface area contributed by atoms with Crippen molar-refractivity contribution in [3.05, 3.63) is 12.2 Å². The monoisotopic (exact) mass is 970 g/mol. The predicted molar refractivity (Wildman–Crippen MR) is 263 cm³/mol. The van der Waals surface area contributed by atoms with Crippen molar-refractivity contribution in [2.24, 2.45) is 0 Å². The van der Waals surface area contributed by atoms with Gasteiger partial charge in [0.05, 0.1) is 13.2 Å². The van der Waals surface area contributed by atoms with Gasteiger partial charge >= 0.3 is 19.8 Å². The number of nitrogens with zero attached hydrogens (tertiary/aromatic N) is 1. The van der Waals surface area contributed by atoms with Gasteiger partial charge < -0.3 is 25.0 Å². The summed E-state index contributed by atoms with van der Waals surface area (Å²) < 4.78 is 33.8. The summed E-state index contributed by atoms with van der Waals surface area (Å²) in [6.07, 6.45) is 37.5. The third-order valence-corrected chi connectivity index (χ3v) is 13.0. The first-order valence-corrected chi connectivity index (χ1v) is 28.0.